The second-order valence-corrected chi connectivity index (χ2v) is 11.6. The van der Waals surface area contributed by atoms with Gasteiger partial charge in [-0.1, -0.05) is 58.3 Å². The predicted octanol–water partition coefficient (Wildman–Crippen LogP) is 1.41. The first-order chi connectivity index (χ1) is 18.8. The van der Waals surface area contributed by atoms with Crippen LogP contribution in [0.4, 0.5) is 0 Å². The molecule has 2 heterocycles. The molecule has 8 atom stereocenters. The number of aliphatic hydroxyl groups excluding tert-OH is 6. The molecule has 0 aromatic heterocycles. The van der Waals surface area contributed by atoms with Crippen LogP contribution in [0.5, 0.6) is 0 Å². The summed E-state index contributed by atoms with van der Waals surface area (Å²) in [6.45, 7) is 3.28. The van der Waals surface area contributed by atoms with E-state index in [1.807, 2.05) is 0 Å². The van der Waals surface area contributed by atoms with Crippen molar-refractivity contribution in [3.63, 3.8) is 0 Å². The molecule has 2 fully saturated rings. The van der Waals surface area contributed by atoms with E-state index in [2.05, 4.69) is 5.32 Å². The molecule has 2 aliphatic rings. The molecule has 0 saturated carbocycles. The number of hydrogen-bond donors (Lipinski definition) is 7. The fourth-order valence-corrected chi connectivity index (χ4v) is 5.64. The quantitative estimate of drug-likeness (QED) is 0.108. The van der Waals surface area contributed by atoms with Crippen molar-refractivity contribution in [2.75, 3.05) is 26.3 Å². The molecule has 230 valence electrons. The highest BCUT2D eigenvalue weighted by atomic mass is 16.7. The number of carbonyl (C=O) groups excluding carboxylic acids is 1. The van der Waals surface area contributed by atoms with E-state index in [-0.39, 0.29) is 18.8 Å². The fourth-order valence-electron chi connectivity index (χ4n) is 5.64. The lowest BCUT2D eigenvalue weighted by Gasteiger charge is -2.40. The molecular weight excluding hydrogens is 506 g/mol. The zero-order chi connectivity index (χ0) is 28.6. The Morgan fingerprint density at radius 3 is 2.15 bits per heavy atom. The molecule has 0 aliphatic carbocycles. The van der Waals surface area contributed by atoms with Crippen LogP contribution < -0.4 is 5.32 Å². The van der Waals surface area contributed by atoms with Crippen LogP contribution in [0.2, 0.25) is 0 Å². The third kappa shape index (κ3) is 12.4. The van der Waals surface area contributed by atoms with Gasteiger partial charge in [-0.3, -0.25) is 4.79 Å². The van der Waals surface area contributed by atoms with Crippen LogP contribution in [-0.4, -0.2) is 106 Å². The van der Waals surface area contributed by atoms with Gasteiger partial charge in [0.05, 0.1) is 25.4 Å². The van der Waals surface area contributed by atoms with Gasteiger partial charge in [0.15, 0.2) is 6.29 Å². The summed E-state index contributed by atoms with van der Waals surface area (Å²) in [5, 5.41) is 63.6. The van der Waals surface area contributed by atoms with Gasteiger partial charge >= 0.3 is 0 Å². The fraction of sp³-hybridized carbons (Fsp3) is 0.966. The Morgan fingerprint density at radius 1 is 0.923 bits per heavy atom. The Balaban J connectivity index is 1.64. The van der Waals surface area contributed by atoms with Crippen molar-refractivity contribution < 1.29 is 44.9 Å². The van der Waals surface area contributed by atoms with E-state index in [1.165, 1.54) is 64.5 Å². The van der Waals surface area contributed by atoms with Crippen LogP contribution in [0.25, 0.3) is 0 Å². The van der Waals surface area contributed by atoms with Crippen molar-refractivity contribution in [2.24, 2.45) is 11.8 Å². The van der Waals surface area contributed by atoms with Crippen LogP contribution in [0.3, 0.4) is 0 Å². The number of ketones is 1. The van der Waals surface area contributed by atoms with Crippen LogP contribution >= 0.6 is 0 Å². The number of Topliss-reactive ketones (excluding diaryl/α,β-unsaturated/α-hetero) is 1. The van der Waals surface area contributed by atoms with E-state index in [0.29, 0.717) is 12.8 Å². The molecule has 0 aromatic rings. The molecule has 7 N–H and O–H groups in total. The average Bonchev–Trinajstić information content (AvgIpc) is 2.95. The molecule has 2 aliphatic heterocycles. The summed E-state index contributed by atoms with van der Waals surface area (Å²) in [5.41, 5.74) is 0. The predicted molar refractivity (Wildman–Crippen MR) is 147 cm³/mol. The minimum absolute atomic E-state index is 0.00665. The van der Waals surface area contributed by atoms with Crippen molar-refractivity contribution in [1.29, 1.82) is 0 Å². The van der Waals surface area contributed by atoms with E-state index >= 15 is 0 Å². The van der Waals surface area contributed by atoms with Crippen molar-refractivity contribution in [1.82, 2.24) is 5.32 Å². The van der Waals surface area contributed by atoms with Gasteiger partial charge in [0.2, 0.25) is 0 Å². The summed E-state index contributed by atoms with van der Waals surface area (Å²) in [6, 6.07) is 0. The minimum Gasteiger partial charge on any atom is -0.394 e. The average molecular weight is 562 g/mol. The van der Waals surface area contributed by atoms with E-state index in [0.717, 1.165) is 25.2 Å². The van der Waals surface area contributed by atoms with Gasteiger partial charge in [-0.15, -0.1) is 0 Å². The molecule has 10 nitrogen and oxygen atoms in total. The lowest BCUT2D eigenvalue weighted by Crippen LogP contribution is -2.59. The maximum atomic E-state index is 12.7. The Hall–Kier alpha value is -0.690. The Bertz CT molecular complexity index is 646. The molecule has 10 heteroatoms. The number of nitrogens with one attached hydrogen (secondary N) is 1. The SMILES string of the molecule is CC[C@@H](O)[C@@H](O)[C@H](COC1OC(CO)C(O)C(O)C1O)CC(=O)CCCCCCCCCCC1CCNCC1. The molecule has 0 amide bonds. The highest BCUT2D eigenvalue weighted by Crippen LogP contribution is 2.25. The second-order valence-electron chi connectivity index (χ2n) is 11.6. The summed E-state index contributed by atoms with van der Waals surface area (Å²) in [7, 11) is 0. The maximum Gasteiger partial charge on any atom is 0.186 e. The van der Waals surface area contributed by atoms with Crippen LogP contribution in [-0.2, 0) is 14.3 Å². The van der Waals surface area contributed by atoms with Gasteiger partial charge < -0.3 is 45.4 Å². The van der Waals surface area contributed by atoms with E-state index in [1.54, 1.807) is 6.92 Å². The van der Waals surface area contributed by atoms with Crippen LogP contribution in [0.15, 0.2) is 0 Å². The summed E-state index contributed by atoms with van der Waals surface area (Å²) in [6.07, 6.45) is 4.53. The molecule has 5 unspecified atom stereocenters. The third-order valence-corrected chi connectivity index (χ3v) is 8.39. The lowest BCUT2D eigenvalue weighted by molar-refractivity contribution is -0.304. The van der Waals surface area contributed by atoms with Crippen LogP contribution in [0.1, 0.15) is 96.8 Å². The summed E-state index contributed by atoms with van der Waals surface area (Å²) < 4.78 is 10.9. The Kier molecular flexibility index (Phi) is 17.2. The number of hydrogen-bond acceptors (Lipinski definition) is 10. The van der Waals surface area contributed by atoms with Gasteiger partial charge in [-0.25, -0.2) is 0 Å². The molecule has 2 saturated heterocycles. The highest BCUT2D eigenvalue weighted by Gasteiger charge is 2.44. The van der Waals surface area contributed by atoms with Crippen molar-refractivity contribution in [3.8, 4) is 0 Å². The Morgan fingerprint density at radius 2 is 1.54 bits per heavy atom. The molecule has 39 heavy (non-hydrogen) atoms. The van der Waals surface area contributed by atoms with Gasteiger partial charge in [-0.2, -0.15) is 0 Å². The standard InChI is InChI=1S/C29H55NO9/c1-2-23(33)25(34)21(19-38-29-28(37)27(36)26(35)24(18-31)39-29)17-22(32)12-10-8-6-4-3-5-7-9-11-20-13-15-30-16-14-20/h20-21,23-31,33-37H,2-19H2,1H3/t21-,23+,24?,25-,26?,27?,28?,29?/m0/s1. The number of piperidine rings is 1. The summed E-state index contributed by atoms with van der Waals surface area (Å²) in [4.78, 5) is 12.7. The topological polar surface area (TPSA) is 169 Å². The van der Waals surface area contributed by atoms with E-state index in [4.69, 9.17) is 9.47 Å². The first-order valence-electron chi connectivity index (χ1n) is 15.3. The van der Waals surface area contributed by atoms with Gasteiger partial charge in [0.25, 0.3) is 0 Å². The number of carbonyl (C=O) groups is 1. The zero-order valence-corrected chi connectivity index (χ0v) is 23.8. The van der Waals surface area contributed by atoms with Gasteiger partial charge in [0.1, 0.15) is 30.2 Å². The maximum absolute atomic E-state index is 12.7. The lowest BCUT2D eigenvalue weighted by atomic mass is 9.90. The van der Waals surface area contributed by atoms with Gasteiger partial charge in [-0.05, 0) is 44.7 Å². The largest absolute Gasteiger partial charge is 0.394 e. The summed E-state index contributed by atoms with van der Waals surface area (Å²) >= 11 is 0. The number of ether oxygens (including phenoxy) is 2. The minimum atomic E-state index is -1.58. The number of unbranched alkanes of at least 4 members (excludes halogenated alkanes) is 7. The molecule has 0 aromatic carbocycles. The second kappa shape index (κ2) is 19.4. The van der Waals surface area contributed by atoms with E-state index in [9.17, 15) is 35.4 Å². The molecular formula is C29H55NO9. The van der Waals surface area contributed by atoms with Gasteiger partial charge in [0, 0.05) is 18.8 Å². The van der Waals surface area contributed by atoms with Crippen molar-refractivity contribution in [2.45, 2.75) is 140 Å². The highest BCUT2D eigenvalue weighted by molar-refractivity contribution is 5.78. The van der Waals surface area contributed by atoms with E-state index < -0.39 is 55.4 Å². The third-order valence-electron chi connectivity index (χ3n) is 8.39. The normalized spacial score (nSPS) is 28.7. The first-order valence-corrected chi connectivity index (χ1v) is 15.3. The zero-order valence-electron chi connectivity index (χ0n) is 23.8. The molecule has 0 radical (unpaired) electrons. The first kappa shape index (κ1) is 34.5. The van der Waals surface area contributed by atoms with Crippen molar-refractivity contribution >= 4 is 5.78 Å². The monoisotopic (exact) mass is 561 g/mol. The van der Waals surface area contributed by atoms with Crippen molar-refractivity contribution in [3.05, 3.63) is 0 Å². The molecule has 0 bridgehead atoms. The molecule has 0 spiro atoms. The smallest absolute Gasteiger partial charge is 0.186 e. The number of aliphatic hydroxyl groups is 6. The Labute approximate surface area is 234 Å². The summed E-state index contributed by atoms with van der Waals surface area (Å²) in [5.74, 6) is 0.149. The van der Waals surface area contributed by atoms with Crippen LogP contribution in [0, 0.1) is 11.8 Å². The number of rotatable bonds is 20. The molecule has 2 rings (SSSR count).